The number of carbonyl (C=O) groups excluding carboxylic acids is 1. The fourth-order valence-corrected chi connectivity index (χ4v) is 0.861. The van der Waals surface area contributed by atoms with E-state index >= 15 is 0 Å². The van der Waals surface area contributed by atoms with E-state index in [9.17, 15) is 9.59 Å². The largest absolute Gasteiger partial charge is 0.478 e. The second-order valence-electron chi connectivity index (χ2n) is 2.64. The third-order valence-corrected chi connectivity index (χ3v) is 1.50. The van der Waals surface area contributed by atoms with E-state index in [0.29, 0.717) is 18.8 Å². The number of nitrogens with zero attached hydrogens (tertiary/aromatic N) is 2. The summed E-state index contributed by atoms with van der Waals surface area (Å²) in [5.74, 6) is -0.935. The van der Waals surface area contributed by atoms with Crippen LogP contribution in [-0.4, -0.2) is 38.7 Å². The number of aliphatic carboxylic acids is 1. The maximum atomic E-state index is 11.0. The Kier molecular flexibility index (Phi) is 4.02. The highest BCUT2D eigenvalue weighted by molar-refractivity contribution is 5.93. The average Bonchev–Trinajstić information content (AvgIpc) is 2.67. The van der Waals surface area contributed by atoms with Crippen molar-refractivity contribution in [1.82, 2.24) is 20.5 Å². The van der Waals surface area contributed by atoms with Gasteiger partial charge < -0.3 is 10.4 Å². The molecule has 0 saturated carbocycles. The lowest BCUT2D eigenvalue weighted by Gasteiger charge is -1.98. The first-order chi connectivity index (χ1) is 7.18. The van der Waals surface area contributed by atoms with E-state index in [1.165, 1.54) is 6.33 Å². The molecule has 0 bridgehead atoms. The van der Waals surface area contributed by atoms with Crippen molar-refractivity contribution in [1.29, 1.82) is 0 Å². The molecule has 1 rings (SSSR count). The quantitative estimate of drug-likeness (QED) is 0.546. The summed E-state index contributed by atoms with van der Waals surface area (Å²) in [5.41, 5.74) is 0. The number of H-pyrrole nitrogens is 1. The summed E-state index contributed by atoms with van der Waals surface area (Å²) in [6, 6.07) is 0. The monoisotopic (exact) mass is 210 g/mol. The lowest BCUT2D eigenvalue weighted by molar-refractivity contribution is -0.131. The molecule has 3 N–H and O–H groups in total. The summed E-state index contributed by atoms with van der Waals surface area (Å²) in [4.78, 5) is 24.9. The maximum Gasteiger partial charge on any atom is 0.328 e. The number of carboxylic acid groups (broad SMARTS) is 1. The summed E-state index contributed by atoms with van der Waals surface area (Å²) in [6.45, 7) is 0.373. The number of carboxylic acids is 1. The zero-order chi connectivity index (χ0) is 11.1. The zero-order valence-electron chi connectivity index (χ0n) is 7.80. The number of aromatic amines is 1. The molecule has 15 heavy (non-hydrogen) atoms. The highest BCUT2D eigenvalue weighted by atomic mass is 16.4. The van der Waals surface area contributed by atoms with Crippen molar-refractivity contribution in [3.8, 4) is 0 Å². The van der Waals surface area contributed by atoms with E-state index in [1.807, 2.05) is 0 Å². The van der Waals surface area contributed by atoms with Gasteiger partial charge in [-0.1, -0.05) is 0 Å². The Morgan fingerprint density at radius 2 is 2.33 bits per heavy atom. The maximum absolute atomic E-state index is 11.0. The molecule has 0 aliphatic carbocycles. The van der Waals surface area contributed by atoms with Gasteiger partial charge in [0.1, 0.15) is 12.2 Å². The van der Waals surface area contributed by atoms with Gasteiger partial charge in [0.15, 0.2) is 0 Å². The van der Waals surface area contributed by atoms with E-state index in [0.717, 1.165) is 12.2 Å². The summed E-state index contributed by atoms with van der Waals surface area (Å²) in [6.07, 6.45) is 3.64. The van der Waals surface area contributed by atoms with Gasteiger partial charge in [-0.15, -0.1) is 0 Å². The van der Waals surface area contributed by atoms with Crippen LogP contribution in [0.4, 0.5) is 0 Å². The van der Waals surface area contributed by atoms with Gasteiger partial charge in [0.05, 0.1) is 0 Å². The molecule has 7 heteroatoms. The van der Waals surface area contributed by atoms with Crippen molar-refractivity contribution in [2.75, 3.05) is 6.54 Å². The van der Waals surface area contributed by atoms with Crippen LogP contribution in [0.3, 0.4) is 0 Å². The average molecular weight is 210 g/mol. The molecule has 0 spiro atoms. The molecule has 80 valence electrons. The van der Waals surface area contributed by atoms with Crippen molar-refractivity contribution in [3.63, 3.8) is 0 Å². The molecule has 0 fully saturated rings. The van der Waals surface area contributed by atoms with Gasteiger partial charge in [-0.25, -0.2) is 9.78 Å². The van der Waals surface area contributed by atoms with Gasteiger partial charge in [0.2, 0.25) is 5.91 Å². The standard InChI is InChI=1S/C8H10N4O3/c13-7(1-2-8(14)15)9-4-3-6-10-5-11-12-6/h1-2,5H,3-4H2,(H,9,13)(H,14,15)(H,10,11,12). The van der Waals surface area contributed by atoms with E-state index in [1.54, 1.807) is 0 Å². The van der Waals surface area contributed by atoms with Crippen LogP contribution in [-0.2, 0) is 16.0 Å². The zero-order valence-corrected chi connectivity index (χ0v) is 7.80. The van der Waals surface area contributed by atoms with Gasteiger partial charge in [-0.3, -0.25) is 9.89 Å². The third kappa shape index (κ3) is 4.55. The molecule has 0 aromatic carbocycles. The molecule has 0 unspecified atom stereocenters. The number of aromatic nitrogens is 3. The minimum absolute atomic E-state index is 0.373. The Hall–Kier alpha value is -2.18. The van der Waals surface area contributed by atoms with Crippen LogP contribution < -0.4 is 5.32 Å². The van der Waals surface area contributed by atoms with Crippen LogP contribution in [0.15, 0.2) is 18.5 Å². The minimum atomic E-state index is -1.15. The summed E-state index contributed by atoms with van der Waals surface area (Å²) in [5, 5.41) is 17.0. The Morgan fingerprint density at radius 1 is 1.53 bits per heavy atom. The van der Waals surface area contributed by atoms with Crippen molar-refractivity contribution in [3.05, 3.63) is 24.3 Å². The van der Waals surface area contributed by atoms with Crippen molar-refractivity contribution in [2.24, 2.45) is 0 Å². The van der Waals surface area contributed by atoms with Gasteiger partial charge in [-0.2, -0.15) is 5.10 Å². The summed E-state index contributed by atoms with van der Waals surface area (Å²) >= 11 is 0. The number of carbonyl (C=O) groups is 2. The normalized spacial score (nSPS) is 10.4. The molecular formula is C8H10N4O3. The highest BCUT2D eigenvalue weighted by Gasteiger charge is 1.98. The molecule has 0 aliphatic heterocycles. The first kappa shape index (κ1) is 10.9. The molecule has 7 nitrogen and oxygen atoms in total. The smallest absolute Gasteiger partial charge is 0.328 e. The number of nitrogens with one attached hydrogen (secondary N) is 2. The molecule has 1 heterocycles. The van der Waals surface area contributed by atoms with Crippen LogP contribution in [0.25, 0.3) is 0 Å². The SMILES string of the molecule is O=C(O)C=CC(=O)NCCc1ncn[nH]1. The molecule has 1 amide bonds. The van der Waals surface area contributed by atoms with Crippen LogP contribution in [0.2, 0.25) is 0 Å². The molecule has 0 radical (unpaired) electrons. The van der Waals surface area contributed by atoms with Gasteiger partial charge in [0.25, 0.3) is 0 Å². The minimum Gasteiger partial charge on any atom is -0.478 e. The topological polar surface area (TPSA) is 108 Å². The van der Waals surface area contributed by atoms with E-state index in [-0.39, 0.29) is 0 Å². The summed E-state index contributed by atoms with van der Waals surface area (Å²) in [7, 11) is 0. The molecule has 0 atom stereocenters. The van der Waals surface area contributed by atoms with Crippen LogP contribution in [0.5, 0.6) is 0 Å². The number of hydrogen-bond acceptors (Lipinski definition) is 4. The Morgan fingerprint density at radius 3 is 2.93 bits per heavy atom. The van der Waals surface area contributed by atoms with Crippen LogP contribution in [0.1, 0.15) is 5.82 Å². The van der Waals surface area contributed by atoms with Gasteiger partial charge in [0, 0.05) is 25.1 Å². The van der Waals surface area contributed by atoms with Crippen LogP contribution >= 0.6 is 0 Å². The molecule has 1 aromatic heterocycles. The highest BCUT2D eigenvalue weighted by Crippen LogP contribution is 1.85. The fraction of sp³-hybridized carbons (Fsp3) is 0.250. The van der Waals surface area contributed by atoms with Gasteiger partial charge >= 0.3 is 5.97 Å². The Bertz CT molecular complexity index is 358. The van der Waals surface area contributed by atoms with E-state index < -0.39 is 11.9 Å². The molecule has 0 saturated heterocycles. The molecule has 0 aliphatic rings. The van der Waals surface area contributed by atoms with Crippen molar-refractivity contribution in [2.45, 2.75) is 6.42 Å². The molecule has 1 aromatic rings. The number of hydrogen-bond donors (Lipinski definition) is 3. The summed E-state index contributed by atoms with van der Waals surface area (Å²) < 4.78 is 0. The second-order valence-corrected chi connectivity index (χ2v) is 2.64. The van der Waals surface area contributed by atoms with Crippen molar-refractivity contribution < 1.29 is 14.7 Å². The Labute approximate surface area is 85.2 Å². The second kappa shape index (κ2) is 5.53. The van der Waals surface area contributed by atoms with Crippen LogP contribution in [0, 0.1) is 0 Å². The fourth-order valence-electron chi connectivity index (χ4n) is 0.861. The lowest BCUT2D eigenvalue weighted by Crippen LogP contribution is -2.24. The molecular weight excluding hydrogens is 200 g/mol. The third-order valence-electron chi connectivity index (χ3n) is 1.50. The van der Waals surface area contributed by atoms with Gasteiger partial charge in [-0.05, 0) is 0 Å². The first-order valence-electron chi connectivity index (χ1n) is 4.21. The van der Waals surface area contributed by atoms with E-state index in [4.69, 9.17) is 5.11 Å². The predicted molar refractivity (Wildman–Crippen MR) is 49.9 cm³/mol. The van der Waals surface area contributed by atoms with E-state index in [2.05, 4.69) is 20.5 Å². The van der Waals surface area contributed by atoms with Crippen molar-refractivity contribution >= 4 is 11.9 Å². The lowest BCUT2D eigenvalue weighted by atomic mass is 10.4. The number of amides is 1. The first-order valence-corrected chi connectivity index (χ1v) is 4.21. The predicted octanol–water partition coefficient (Wildman–Crippen LogP) is -0.896. The number of rotatable bonds is 5. The Balaban J connectivity index is 2.20.